The lowest BCUT2D eigenvalue weighted by atomic mass is 10.1. The molecule has 1 aromatic heterocycles. The monoisotopic (exact) mass is 353 g/mol. The zero-order valence-corrected chi connectivity index (χ0v) is 14.9. The van der Waals surface area contributed by atoms with Crippen LogP contribution in [-0.2, 0) is 11.3 Å². The maximum Gasteiger partial charge on any atom is 0.272 e. The van der Waals surface area contributed by atoms with Crippen LogP contribution < -0.4 is 0 Å². The number of morpholine rings is 1. The van der Waals surface area contributed by atoms with E-state index >= 15 is 0 Å². The summed E-state index contributed by atoms with van der Waals surface area (Å²) in [4.78, 5) is 33.1. The summed E-state index contributed by atoms with van der Waals surface area (Å²) < 4.78 is 5.28. The Bertz CT molecular complexity index is 758. The SMILES string of the molecule is CCN(Cc1ccccc1)C(=O)c1cc(C(=O)N2CCOCC2)ccn1. The maximum absolute atomic E-state index is 12.8. The highest BCUT2D eigenvalue weighted by Gasteiger charge is 2.21. The van der Waals surface area contributed by atoms with Crippen molar-refractivity contribution < 1.29 is 14.3 Å². The highest BCUT2D eigenvalue weighted by atomic mass is 16.5. The van der Waals surface area contributed by atoms with Crippen LogP contribution in [0.5, 0.6) is 0 Å². The maximum atomic E-state index is 12.8. The molecule has 0 saturated carbocycles. The molecule has 136 valence electrons. The minimum Gasteiger partial charge on any atom is -0.378 e. The van der Waals surface area contributed by atoms with Crippen molar-refractivity contribution >= 4 is 11.8 Å². The molecule has 0 bridgehead atoms. The van der Waals surface area contributed by atoms with Gasteiger partial charge < -0.3 is 14.5 Å². The molecule has 0 radical (unpaired) electrons. The number of aromatic nitrogens is 1. The number of hydrogen-bond acceptors (Lipinski definition) is 4. The first-order valence-corrected chi connectivity index (χ1v) is 8.85. The number of carbonyl (C=O) groups is 2. The number of hydrogen-bond donors (Lipinski definition) is 0. The van der Waals surface area contributed by atoms with Gasteiger partial charge >= 0.3 is 0 Å². The molecule has 1 saturated heterocycles. The lowest BCUT2D eigenvalue weighted by Crippen LogP contribution is -2.40. The number of amides is 2. The van der Waals surface area contributed by atoms with Gasteiger partial charge in [0.05, 0.1) is 13.2 Å². The van der Waals surface area contributed by atoms with Crippen molar-refractivity contribution in [2.75, 3.05) is 32.8 Å². The molecule has 2 amide bonds. The van der Waals surface area contributed by atoms with Crippen LogP contribution in [0.2, 0.25) is 0 Å². The van der Waals surface area contributed by atoms with Gasteiger partial charge in [-0.1, -0.05) is 30.3 Å². The quantitative estimate of drug-likeness (QED) is 0.827. The van der Waals surface area contributed by atoms with Crippen LogP contribution in [0.15, 0.2) is 48.7 Å². The van der Waals surface area contributed by atoms with E-state index in [1.54, 1.807) is 21.9 Å². The summed E-state index contributed by atoms with van der Waals surface area (Å²) in [5, 5.41) is 0. The lowest BCUT2D eigenvalue weighted by Gasteiger charge is -2.27. The van der Waals surface area contributed by atoms with Gasteiger partial charge in [-0.25, -0.2) is 0 Å². The summed E-state index contributed by atoms with van der Waals surface area (Å²) in [5.41, 5.74) is 1.84. The number of benzene rings is 1. The van der Waals surface area contributed by atoms with E-state index in [1.165, 1.54) is 6.20 Å². The van der Waals surface area contributed by atoms with Crippen LogP contribution in [0.1, 0.15) is 33.3 Å². The molecule has 0 N–H and O–H groups in total. The second-order valence-corrected chi connectivity index (χ2v) is 6.14. The van der Waals surface area contributed by atoms with Gasteiger partial charge in [-0.05, 0) is 24.6 Å². The third-order valence-electron chi connectivity index (χ3n) is 4.41. The fourth-order valence-electron chi connectivity index (χ4n) is 2.92. The first-order chi connectivity index (χ1) is 12.7. The predicted octanol–water partition coefficient (Wildman–Crippen LogP) is 2.22. The second kappa shape index (κ2) is 8.58. The Morgan fingerprint density at radius 1 is 1.15 bits per heavy atom. The summed E-state index contributed by atoms with van der Waals surface area (Å²) in [7, 11) is 0. The van der Waals surface area contributed by atoms with Crippen molar-refractivity contribution in [3.63, 3.8) is 0 Å². The van der Waals surface area contributed by atoms with Gasteiger partial charge in [-0.15, -0.1) is 0 Å². The van der Waals surface area contributed by atoms with Crippen LogP contribution in [0.25, 0.3) is 0 Å². The largest absolute Gasteiger partial charge is 0.378 e. The lowest BCUT2D eigenvalue weighted by molar-refractivity contribution is 0.0303. The highest BCUT2D eigenvalue weighted by molar-refractivity contribution is 5.98. The summed E-state index contributed by atoms with van der Waals surface area (Å²) in [6, 6.07) is 13.1. The molecule has 0 atom stereocenters. The highest BCUT2D eigenvalue weighted by Crippen LogP contribution is 2.12. The van der Waals surface area contributed by atoms with Crippen molar-refractivity contribution in [1.29, 1.82) is 0 Å². The Balaban J connectivity index is 1.75. The normalized spacial score (nSPS) is 14.1. The summed E-state index contributed by atoms with van der Waals surface area (Å²) in [6.07, 6.45) is 1.53. The topological polar surface area (TPSA) is 62.7 Å². The molecular formula is C20H23N3O3. The zero-order chi connectivity index (χ0) is 18.4. The van der Waals surface area contributed by atoms with Gasteiger partial charge in [0.25, 0.3) is 11.8 Å². The van der Waals surface area contributed by atoms with E-state index in [-0.39, 0.29) is 11.8 Å². The van der Waals surface area contributed by atoms with E-state index < -0.39 is 0 Å². The number of pyridine rings is 1. The van der Waals surface area contributed by atoms with Gasteiger partial charge in [-0.2, -0.15) is 0 Å². The molecular weight excluding hydrogens is 330 g/mol. The zero-order valence-electron chi connectivity index (χ0n) is 14.9. The number of nitrogens with zero attached hydrogens (tertiary/aromatic N) is 3. The van der Waals surface area contributed by atoms with Crippen molar-refractivity contribution in [2.24, 2.45) is 0 Å². The summed E-state index contributed by atoms with van der Waals surface area (Å²) >= 11 is 0. The van der Waals surface area contributed by atoms with Gasteiger partial charge in [0.15, 0.2) is 0 Å². The number of ether oxygens (including phenoxy) is 1. The van der Waals surface area contributed by atoms with Crippen molar-refractivity contribution in [1.82, 2.24) is 14.8 Å². The van der Waals surface area contributed by atoms with Gasteiger partial charge in [0, 0.05) is 37.9 Å². The molecule has 6 nitrogen and oxygen atoms in total. The van der Waals surface area contributed by atoms with Crippen LogP contribution in [0.3, 0.4) is 0 Å². The smallest absolute Gasteiger partial charge is 0.272 e. The van der Waals surface area contributed by atoms with Crippen molar-refractivity contribution in [3.05, 3.63) is 65.5 Å². The average Bonchev–Trinajstić information content (AvgIpc) is 2.72. The minimum absolute atomic E-state index is 0.0872. The molecule has 2 heterocycles. The fraction of sp³-hybridized carbons (Fsp3) is 0.350. The van der Waals surface area contributed by atoms with Crippen LogP contribution in [0.4, 0.5) is 0 Å². The molecule has 0 aliphatic carbocycles. The molecule has 2 aromatic rings. The Morgan fingerprint density at radius 2 is 1.88 bits per heavy atom. The van der Waals surface area contributed by atoms with E-state index in [9.17, 15) is 9.59 Å². The first kappa shape index (κ1) is 18.1. The molecule has 1 aliphatic heterocycles. The van der Waals surface area contributed by atoms with E-state index in [1.807, 2.05) is 37.3 Å². The standard InChI is InChI=1S/C20H23N3O3/c1-2-22(15-16-6-4-3-5-7-16)20(25)18-14-17(8-9-21-18)19(24)23-10-12-26-13-11-23/h3-9,14H,2,10-13,15H2,1H3. The molecule has 3 rings (SSSR count). The molecule has 6 heteroatoms. The second-order valence-electron chi connectivity index (χ2n) is 6.14. The predicted molar refractivity (Wildman–Crippen MR) is 97.8 cm³/mol. The molecule has 1 aromatic carbocycles. The number of carbonyl (C=O) groups excluding carboxylic acids is 2. The number of rotatable bonds is 5. The van der Waals surface area contributed by atoms with Crippen LogP contribution in [-0.4, -0.2) is 59.4 Å². The molecule has 1 fully saturated rings. The molecule has 26 heavy (non-hydrogen) atoms. The summed E-state index contributed by atoms with van der Waals surface area (Å²) in [5.74, 6) is -0.260. The first-order valence-electron chi connectivity index (χ1n) is 8.85. The van der Waals surface area contributed by atoms with Crippen LogP contribution in [0, 0.1) is 0 Å². The Morgan fingerprint density at radius 3 is 2.58 bits per heavy atom. The minimum atomic E-state index is -0.173. The Kier molecular flexibility index (Phi) is 5.96. The van der Waals surface area contributed by atoms with Gasteiger partial charge in [-0.3, -0.25) is 14.6 Å². The average molecular weight is 353 g/mol. The van der Waals surface area contributed by atoms with E-state index in [4.69, 9.17) is 4.74 Å². The summed E-state index contributed by atoms with van der Waals surface area (Å²) in [6.45, 7) is 5.24. The Labute approximate surface area is 153 Å². The molecule has 1 aliphatic rings. The third kappa shape index (κ3) is 4.26. The van der Waals surface area contributed by atoms with E-state index in [0.717, 1.165) is 5.56 Å². The Hall–Kier alpha value is -2.73. The molecule has 0 unspecified atom stereocenters. The molecule has 0 spiro atoms. The van der Waals surface area contributed by atoms with Gasteiger partial charge in [0.1, 0.15) is 5.69 Å². The van der Waals surface area contributed by atoms with Crippen LogP contribution >= 0.6 is 0 Å². The fourth-order valence-corrected chi connectivity index (χ4v) is 2.92. The van der Waals surface area contributed by atoms with E-state index in [2.05, 4.69) is 4.98 Å². The van der Waals surface area contributed by atoms with Gasteiger partial charge in [0.2, 0.25) is 0 Å². The van der Waals surface area contributed by atoms with Crippen molar-refractivity contribution in [2.45, 2.75) is 13.5 Å². The van der Waals surface area contributed by atoms with Crippen molar-refractivity contribution in [3.8, 4) is 0 Å². The van der Waals surface area contributed by atoms with E-state index in [0.29, 0.717) is 50.7 Å². The third-order valence-corrected chi connectivity index (χ3v) is 4.41.